The van der Waals surface area contributed by atoms with Gasteiger partial charge in [-0.15, -0.1) is 12.8 Å². The molecule has 0 bridgehead atoms. The van der Waals surface area contributed by atoms with E-state index in [9.17, 15) is 0 Å². The van der Waals surface area contributed by atoms with Gasteiger partial charge in [-0.2, -0.15) is 0 Å². The molecule has 0 saturated heterocycles. The van der Waals surface area contributed by atoms with Crippen molar-refractivity contribution in [1.29, 1.82) is 0 Å². The Labute approximate surface area is 116 Å². The summed E-state index contributed by atoms with van der Waals surface area (Å²) in [7, 11) is 2.00. The predicted octanol–water partition coefficient (Wildman–Crippen LogP) is 3.18. The Balaban J connectivity index is 2.99. The van der Waals surface area contributed by atoms with Crippen LogP contribution in [-0.2, 0) is 6.54 Å². The van der Waals surface area contributed by atoms with Crippen molar-refractivity contribution in [1.82, 2.24) is 4.90 Å². The topological polar surface area (TPSA) is 15.6 Å². The standard InChI is InChI=1S/C17H20N2/c1-6-11-19(5)13-15-10-9-14(4)17(12-15)18-16(7-2)8-3/h1-2,9-10,12H,8,11,13H2,3-5H3/b18-16+. The van der Waals surface area contributed by atoms with Crippen molar-refractivity contribution in [2.24, 2.45) is 4.99 Å². The van der Waals surface area contributed by atoms with Crippen LogP contribution in [0, 0.1) is 31.6 Å². The molecule has 0 heterocycles. The van der Waals surface area contributed by atoms with Crippen LogP contribution in [0.3, 0.4) is 0 Å². The van der Waals surface area contributed by atoms with E-state index in [1.807, 2.05) is 20.9 Å². The maximum Gasteiger partial charge on any atom is 0.0900 e. The molecule has 2 nitrogen and oxygen atoms in total. The minimum Gasteiger partial charge on any atom is -0.291 e. The molecule has 0 aliphatic carbocycles. The summed E-state index contributed by atoms with van der Waals surface area (Å²) < 4.78 is 0. The van der Waals surface area contributed by atoms with E-state index in [-0.39, 0.29) is 0 Å². The molecule has 1 rings (SSSR count). The molecule has 0 atom stereocenters. The second-order valence-electron chi connectivity index (χ2n) is 4.55. The lowest BCUT2D eigenvalue weighted by Gasteiger charge is -2.14. The molecule has 0 aliphatic heterocycles. The zero-order chi connectivity index (χ0) is 14.3. The van der Waals surface area contributed by atoms with Gasteiger partial charge in [0.25, 0.3) is 0 Å². The molecule has 0 aromatic heterocycles. The first kappa shape index (κ1) is 15.0. The zero-order valence-corrected chi connectivity index (χ0v) is 11.9. The first-order valence-corrected chi connectivity index (χ1v) is 6.36. The van der Waals surface area contributed by atoms with Gasteiger partial charge in [-0.05, 0) is 37.6 Å². The monoisotopic (exact) mass is 252 g/mol. The molecule has 98 valence electrons. The number of rotatable bonds is 5. The average Bonchev–Trinajstić information content (AvgIpc) is 2.39. The third-order valence-electron chi connectivity index (χ3n) is 2.84. The highest BCUT2D eigenvalue weighted by atomic mass is 15.1. The molecular weight excluding hydrogens is 232 g/mol. The number of aliphatic imine (C=N–C) groups is 1. The predicted molar refractivity (Wildman–Crippen MR) is 82.6 cm³/mol. The first-order chi connectivity index (χ1) is 9.10. The smallest absolute Gasteiger partial charge is 0.0900 e. The highest BCUT2D eigenvalue weighted by Crippen LogP contribution is 2.21. The lowest BCUT2D eigenvalue weighted by molar-refractivity contribution is 0.369. The maximum absolute atomic E-state index is 5.43. The molecule has 0 unspecified atom stereocenters. The summed E-state index contributed by atoms with van der Waals surface area (Å²) in [5, 5.41) is 0. The summed E-state index contributed by atoms with van der Waals surface area (Å²) in [6.45, 7) is 5.50. The van der Waals surface area contributed by atoms with Gasteiger partial charge in [0.05, 0.1) is 17.9 Å². The SMILES string of the molecule is C#CCN(C)Cc1ccc(C)c(/N=C(\C#C)CC)c1. The van der Waals surface area contributed by atoms with Crippen molar-refractivity contribution in [3.63, 3.8) is 0 Å². The minimum absolute atomic E-state index is 0.636. The van der Waals surface area contributed by atoms with Crippen LogP contribution in [0.2, 0.25) is 0 Å². The number of hydrogen-bond donors (Lipinski definition) is 0. The fourth-order valence-corrected chi connectivity index (χ4v) is 1.76. The van der Waals surface area contributed by atoms with Crippen LogP contribution in [0.1, 0.15) is 24.5 Å². The van der Waals surface area contributed by atoms with Crippen molar-refractivity contribution in [3.05, 3.63) is 29.3 Å². The van der Waals surface area contributed by atoms with E-state index in [1.54, 1.807) is 0 Å². The quantitative estimate of drug-likeness (QED) is 0.580. The van der Waals surface area contributed by atoms with Crippen LogP contribution < -0.4 is 0 Å². The summed E-state index contributed by atoms with van der Waals surface area (Å²) >= 11 is 0. The Morgan fingerprint density at radius 2 is 2.11 bits per heavy atom. The van der Waals surface area contributed by atoms with E-state index in [2.05, 4.69) is 39.9 Å². The average molecular weight is 252 g/mol. The van der Waals surface area contributed by atoms with Gasteiger partial charge >= 0.3 is 0 Å². The molecule has 0 fully saturated rings. The van der Waals surface area contributed by atoms with E-state index < -0.39 is 0 Å². The lowest BCUT2D eigenvalue weighted by Crippen LogP contribution is -2.17. The molecule has 1 aromatic rings. The van der Waals surface area contributed by atoms with E-state index in [4.69, 9.17) is 12.8 Å². The summed E-state index contributed by atoms with van der Waals surface area (Å²) in [5.41, 5.74) is 4.04. The van der Waals surface area contributed by atoms with Crippen LogP contribution in [0.25, 0.3) is 0 Å². The van der Waals surface area contributed by atoms with Crippen molar-refractivity contribution in [2.75, 3.05) is 13.6 Å². The zero-order valence-electron chi connectivity index (χ0n) is 11.9. The van der Waals surface area contributed by atoms with Crippen molar-refractivity contribution < 1.29 is 0 Å². The Hall–Kier alpha value is -2.03. The number of terminal acetylenes is 2. The Bertz CT molecular complexity index is 541. The first-order valence-electron chi connectivity index (χ1n) is 6.36. The molecule has 0 amide bonds. The second kappa shape index (κ2) is 7.41. The van der Waals surface area contributed by atoms with Gasteiger partial charge in [-0.25, -0.2) is 4.99 Å². The summed E-state index contributed by atoms with van der Waals surface area (Å²) in [6.07, 6.45) is 11.5. The minimum atomic E-state index is 0.636. The molecule has 0 spiro atoms. The number of hydrogen-bond acceptors (Lipinski definition) is 2. The normalized spacial score (nSPS) is 11.2. The lowest BCUT2D eigenvalue weighted by atomic mass is 10.1. The summed E-state index contributed by atoms with van der Waals surface area (Å²) in [6, 6.07) is 6.25. The van der Waals surface area contributed by atoms with Crippen LogP contribution >= 0.6 is 0 Å². The summed E-state index contributed by atoms with van der Waals surface area (Å²) in [4.78, 5) is 6.61. The van der Waals surface area contributed by atoms with E-state index in [0.29, 0.717) is 6.54 Å². The third-order valence-corrected chi connectivity index (χ3v) is 2.84. The van der Waals surface area contributed by atoms with Gasteiger partial charge in [-0.1, -0.05) is 30.9 Å². The fourth-order valence-electron chi connectivity index (χ4n) is 1.76. The summed E-state index contributed by atoms with van der Waals surface area (Å²) in [5.74, 6) is 5.26. The largest absolute Gasteiger partial charge is 0.291 e. The third kappa shape index (κ3) is 4.62. The molecule has 1 aromatic carbocycles. The van der Waals surface area contributed by atoms with Crippen molar-refractivity contribution >= 4 is 11.4 Å². The molecule has 2 heteroatoms. The highest BCUT2D eigenvalue weighted by Gasteiger charge is 2.03. The Morgan fingerprint density at radius 1 is 1.37 bits per heavy atom. The van der Waals surface area contributed by atoms with Crippen LogP contribution in [0.15, 0.2) is 23.2 Å². The van der Waals surface area contributed by atoms with E-state index in [0.717, 1.165) is 29.9 Å². The number of aryl methyl sites for hydroxylation is 1. The van der Waals surface area contributed by atoms with Crippen LogP contribution in [-0.4, -0.2) is 24.2 Å². The Kier molecular flexibility index (Phi) is 5.86. The van der Waals surface area contributed by atoms with E-state index >= 15 is 0 Å². The molecule has 0 aliphatic rings. The van der Waals surface area contributed by atoms with Gasteiger partial charge in [0, 0.05) is 6.54 Å². The molecular formula is C17H20N2. The fraction of sp³-hybridized carbons (Fsp3) is 0.353. The Morgan fingerprint density at radius 3 is 2.68 bits per heavy atom. The molecule has 0 saturated carbocycles. The van der Waals surface area contributed by atoms with Gasteiger partial charge in [-0.3, -0.25) is 4.90 Å². The van der Waals surface area contributed by atoms with Gasteiger partial charge in [0.2, 0.25) is 0 Å². The maximum atomic E-state index is 5.43. The molecule has 0 N–H and O–H groups in total. The van der Waals surface area contributed by atoms with Crippen LogP contribution in [0.4, 0.5) is 5.69 Å². The van der Waals surface area contributed by atoms with Crippen molar-refractivity contribution in [3.8, 4) is 24.7 Å². The van der Waals surface area contributed by atoms with Gasteiger partial charge in [0.1, 0.15) is 0 Å². The van der Waals surface area contributed by atoms with Gasteiger partial charge < -0.3 is 0 Å². The number of benzene rings is 1. The number of nitrogens with zero attached hydrogens (tertiary/aromatic N) is 2. The van der Waals surface area contributed by atoms with Crippen molar-refractivity contribution in [2.45, 2.75) is 26.8 Å². The van der Waals surface area contributed by atoms with Gasteiger partial charge in [0.15, 0.2) is 0 Å². The molecule has 19 heavy (non-hydrogen) atoms. The molecule has 0 radical (unpaired) electrons. The van der Waals surface area contributed by atoms with E-state index in [1.165, 1.54) is 5.56 Å². The second-order valence-corrected chi connectivity index (χ2v) is 4.55. The highest BCUT2D eigenvalue weighted by molar-refractivity contribution is 6.01. The van der Waals surface area contributed by atoms with Crippen LogP contribution in [0.5, 0.6) is 0 Å².